The Bertz CT molecular complexity index is 778. The minimum absolute atomic E-state index is 0.476. The van der Waals surface area contributed by atoms with Crippen molar-refractivity contribution in [3.8, 4) is 0 Å². The van der Waals surface area contributed by atoms with E-state index in [-0.39, 0.29) is 0 Å². The van der Waals surface area contributed by atoms with Crippen LogP contribution in [0.2, 0.25) is 0 Å². The van der Waals surface area contributed by atoms with E-state index in [4.69, 9.17) is 0 Å². The van der Waals surface area contributed by atoms with E-state index in [2.05, 4.69) is 72.9 Å². The molecule has 4 rings (SSSR count). The van der Waals surface area contributed by atoms with Crippen LogP contribution in [-0.2, 0) is 0 Å². The summed E-state index contributed by atoms with van der Waals surface area (Å²) < 4.78 is 1.46. The average molecular weight is 321 g/mol. The Kier molecular flexibility index (Phi) is 4.22. The van der Waals surface area contributed by atoms with Crippen LogP contribution in [0.5, 0.6) is 0 Å². The smallest absolute Gasteiger partial charge is 0.0348 e. The van der Waals surface area contributed by atoms with Crippen molar-refractivity contribution in [1.82, 2.24) is 0 Å². The summed E-state index contributed by atoms with van der Waals surface area (Å²) in [7, 11) is 0. The van der Waals surface area contributed by atoms with Crippen LogP contribution in [0.25, 0.3) is 10.1 Å². The van der Waals surface area contributed by atoms with Crippen LogP contribution < -0.4 is 0 Å². The van der Waals surface area contributed by atoms with Crippen molar-refractivity contribution in [2.75, 3.05) is 0 Å². The van der Waals surface area contributed by atoms with Crippen molar-refractivity contribution in [3.05, 3.63) is 70.6 Å². The molecule has 1 aromatic heterocycles. The van der Waals surface area contributed by atoms with E-state index < -0.39 is 0 Å². The van der Waals surface area contributed by atoms with Gasteiger partial charge in [-0.15, -0.1) is 11.3 Å². The molecule has 0 N–H and O–H groups in total. The van der Waals surface area contributed by atoms with Gasteiger partial charge in [0.25, 0.3) is 0 Å². The summed E-state index contributed by atoms with van der Waals surface area (Å²) in [6.07, 6.45) is 6.98. The standard InChI is InChI=1S/C22H24S/c1-16(17-10-4-2-5-11-17)21-19-14-8-9-15-20(19)23-22(21)18-12-6-3-7-13-18/h2,4-5,8-11,14-16,18H,3,6-7,12-13H2,1H3/t16-/m1/s1. The first kappa shape index (κ1) is 15.0. The minimum Gasteiger partial charge on any atom is -0.140 e. The van der Waals surface area contributed by atoms with Gasteiger partial charge >= 0.3 is 0 Å². The number of hydrogen-bond acceptors (Lipinski definition) is 1. The van der Waals surface area contributed by atoms with Crippen LogP contribution >= 0.6 is 11.3 Å². The van der Waals surface area contributed by atoms with Crippen molar-refractivity contribution in [1.29, 1.82) is 0 Å². The first-order valence-corrected chi connectivity index (χ1v) is 9.72. The molecule has 0 radical (unpaired) electrons. The number of benzene rings is 2. The Balaban J connectivity index is 1.85. The summed E-state index contributed by atoms with van der Waals surface area (Å²) in [5, 5.41) is 1.48. The van der Waals surface area contributed by atoms with Gasteiger partial charge in [-0.05, 0) is 41.3 Å². The van der Waals surface area contributed by atoms with Crippen LogP contribution in [-0.4, -0.2) is 0 Å². The largest absolute Gasteiger partial charge is 0.140 e. The lowest BCUT2D eigenvalue weighted by Gasteiger charge is -2.24. The molecular formula is C22H24S. The van der Waals surface area contributed by atoms with Gasteiger partial charge in [-0.2, -0.15) is 0 Å². The third-order valence-corrected chi connectivity index (χ3v) is 6.72. The summed E-state index contributed by atoms with van der Waals surface area (Å²) in [5.41, 5.74) is 3.04. The molecule has 3 aromatic rings. The third kappa shape index (κ3) is 2.83. The van der Waals surface area contributed by atoms with E-state index in [0.717, 1.165) is 5.92 Å². The fourth-order valence-corrected chi connectivity index (χ4v) is 5.58. The Morgan fingerprint density at radius 2 is 1.57 bits per heavy atom. The predicted molar refractivity (Wildman–Crippen MR) is 102 cm³/mol. The summed E-state index contributed by atoms with van der Waals surface area (Å²) in [5.74, 6) is 1.26. The van der Waals surface area contributed by atoms with Gasteiger partial charge in [-0.1, -0.05) is 74.7 Å². The van der Waals surface area contributed by atoms with Gasteiger partial charge in [0.15, 0.2) is 0 Å². The average Bonchev–Trinajstić information content (AvgIpc) is 3.02. The molecular weight excluding hydrogens is 296 g/mol. The minimum atomic E-state index is 0.476. The zero-order chi connectivity index (χ0) is 15.6. The molecule has 118 valence electrons. The van der Waals surface area contributed by atoms with Gasteiger partial charge in [-0.25, -0.2) is 0 Å². The van der Waals surface area contributed by atoms with Gasteiger partial charge in [0, 0.05) is 15.5 Å². The summed E-state index contributed by atoms with van der Waals surface area (Å²) in [6, 6.07) is 20.0. The number of hydrogen-bond donors (Lipinski definition) is 0. The Hall–Kier alpha value is -1.60. The number of fused-ring (bicyclic) bond motifs is 1. The SMILES string of the molecule is C[C@H](c1ccccc1)c1c(C2CCCCC2)sc2ccccc12. The normalized spacial score (nSPS) is 17.4. The van der Waals surface area contributed by atoms with Gasteiger partial charge < -0.3 is 0 Å². The Morgan fingerprint density at radius 1 is 0.870 bits per heavy atom. The highest BCUT2D eigenvalue weighted by Gasteiger charge is 2.25. The highest BCUT2D eigenvalue weighted by Crippen LogP contribution is 2.46. The second-order valence-electron chi connectivity index (χ2n) is 6.84. The molecule has 1 saturated carbocycles. The lowest BCUT2D eigenvalue weighted by Crippen LogP contribution is -2.07. The van der Waals surface area contributed by atoms with Crippen molar-refractivity contribution in [2.45, 2.75) is 50.9 Å². The highest BCUT2D eigenvalue weighted by molar-refractivity contribution is 7.19. The molecule has 2 aromatic carbocycles. The zero-order valence-corrected chi connectivity index (χ0v) is 14.6. The second-order valence-corrected chi connectivity index (χ2v) is 7.93. The fourth-order valence-electron chi connectivity index (χ4n) is 4.11. The maximum atomic E-state index is 2.39. The molecule has 0 saturated heterocycles. The molecule has 0 unspecified atom stereocenters. The monoisotopic (exact) mass is 320 g/mol. The van der Waals surface area contributed by atoms with Crippen LogP contribution in [0.3, 0.4) is 0 Å². The van der Waals surface area contributed by atoms with Crippen LogP contribution in [0.4, 0.5) is 0 Å². The lowest BCUT2D eigenvalue weighted by molar-refractivity contribution is 0.446. The van der Waals surface area contributed by atoms with E-state index in [1.807, 2.05) is 0 Å². The van der Waals surface area contributed by atoms with Gasteiger partial charge in [0.1, 0.15) is 0 Å². The molecule has 0 aliphatic heterocycles. The molecule has 1 atom stereocenters. The van der Waals surface area contributed by atoms with E-state index in [0.29, 0.717) is 5.92 Å². The zero-order valence-electron chi connectivity index (χ0n) is 13.8. The van der Waals surface area contributed by atoms with Crippen molar-refractivity contribution in [2.24, 2.45) is 0 Å². The summed E-state index contributed by atoms with van der Waals surface area (Å²) in [6.45, 7) is 2.39. The van der Waals surface area contributed by atoms with E-state index in [1.54, 1.807) is 10.4 Å². The van der Waals surface area contributed by atoms with Crippen LogP contribution in [0.15, 0.2) is 54.6 Å². The highest BCUT2D eigenvalue weighted by atomic mass is 32.1. The third-order valence-electron chi connectivity index (χ3n) is 5.37. The fraction of sp³-hybridized carbons (Fsp3) is 0.364. The molecule has 1 aliphatic carbocycles. The van der Waals surface area contributed by atoms with Crippen molar-refractivity contribution >= 4 is 21.4 Å². The molecule has 0 bridgehead atoms. The molecule has 1 aliphatic rings. The van der Waals surface area contributed by atoms with Gasteiger partial charge in [0.05, 0.1) is 0 Å². The van der Waals surface area contributed by atoms with Gasteiger partial charge in [0.2, 0.25) is 0 Å². The number of thiophene rings is 1. The summed E-state index contributed by atoms with van der Waals surface area (Å²) >= 11 is 2.05. The predicted octanol–water partition coefficient (Wildman–Crippen LogP) is 7.10. The topological polar surface area (TPSA) is 0 Å². The number of rotatable bonds is 3. The van der Waals surface area contributed by atoms with E-state index >= 15 is 0 Å². The Labute approximate surface area is 143 Å². The molecule has 23 heavy (non-hydrogen) atoms. The molecule has 0 spiro atoms. The first-order valence-electron chi connectivity index (χ1n) is 8.91. The van der Waals surface area contributed by atoms with Crippen molar-refractivity contribution < 1.29 is 0 Å². The Morgan fingerprint density at radius 3 is 2.35 bits per heavy atom. The van der Waals surface area contributed by atoms with Crippen LogP contribution in [0.1, 0.15) is 66.9 Å². The second kappa shape index (κ2) is 6.49. The van der Waals surface area contributed by atoms with E-state index in [9.17, 15) is 0 Å². The molecule has 0 nitrogen and oxygen atoms in total. The molecule has 1 heterocycles. The molecule has 1 heteroatoms. The van der Waals surface area contributed by atoms with Gasteiger partial charge in [-0.3, -0.25) is 0 Å². The van der Waals surface area contributed by atoms with Crippen molar-refractivity contribution in [3.63, 3.8) is 0 Å². The van der Waals surface area contributed by atoms with E-state index in [1.165, 1.54) is 47.8 Å². The lowest BCUT2D eigenvalue weighted by atomic mass is 9.82. The molecule has 0 amide bonds. The van der Waals surface area contributed by atoms with Crippen LogP contribution in [0, 0.1) is 0 Å². The molecule has 1 fully saturated rings. The first-order chi connectivity index (χ1) is 11.3. The summed E-state index contributed by atoms with van der Waals surface area (Å²) in [4.78, 5) is 1.67. The maximum absolute atomic E-state index is 2.39. The maximum Gasteiger partial charge on any atom is 0.0348 e. The quantitative estimate of drug-likeness (QED) is 0.482.